The van der Waals surface area contributed by atoms with Gasteiger partial charge < -0.3 is 10.5 Å². The number of ether oxygens (including phenoxy) is 1. The molecule has 0 aliphatic carbocycles. The van der Waals surface area contributed by atoms with Crippen LogP contribution in [0.1, 0.15) is 18.2 Å². The van der Waals surface area contributed by atoms with E-state index in [0.717, 1.165) is 34.8 Å². The zero-order valence-corrected chi connectivity index (χ0v) is 11.1. The minimum atomic E-state index is 0.510. The number of benzene rings is 1. The van der Waals surface area contributed by atoms with Crippen LogP contribution in [0.5, 0.6) is 5.75 Å². The summed E-state index contributed by atoms with van der Waals surface area (Å²) in [6.07, 6.45) is 0. The average molecular weight is 245 g/mol. The van der Waals surface area contributed by atoms with Crippen LogP contribution in [0.25, 0.3) is 11.3 Å². The van der Waals surface area contributed by atoms with E-state index in [1.165, 1.54) is 0 Å². The number of hydrogen-bond donors (Lipinski definition) is 1. The van der Waals surface area contributed by atoms with Crippen LogP contribution in [0.2, 0.25) is 0 Å². The minimum Gasteiger partial charge on any atom is -0.496 e. The molecule has 0 saturated carbocycles. The first-order valence-electron chi connectivity index (χ1n) is 6.11. The lowest BCUT2D eigenvalue weighted by atomic mass is 10.1. The fourth-order valence-corrected chi connectivity index (χ4v) is 2.07. The van der Waals surface area contributed by atoms with Crippen molar-refractivity contribution in [1.29, 1.82) is 0 Å². The average Bonchev–Trinajstić information content (AvgIpc) is 2.81. The van der Waals surface area contributed by atoms with Crippen molar-refractivity contribution in [3.63, 3.8) is 0 Å². The Hall–Kier alpha value is -1.81. The third kappa shape index (κ3) is 2.24. The summed E-state index contributed by atoms with van der Waals surface area (Å²) in [5.41, 5.74) is 9.93. The Kier molecular flexibility index (Phi) is 3.67. The van der Waals surface area contributed by atoms with Gasteiger partial charge in [0.15, 0.2) is 0 Å². The molecule has 1 aromatic carbocycles. The number of aromatic nitrogens is 2. The Morgan fingerprint density at radius 2 is 2.11 bits per heavy atom. The summed E-state index contributed by atoms with van der Waals surface area (Å²) in [5.74, 6) is 0.896. The van der Waals surface area contributed by atoms with Crippen molar-refractivity contribution in [2.24, 2.45) is 5.73 Å². The Labute approximate surface area is 107 Å². The third-order valence-electron chi connectivity index (χ3n) is 3.06. The van der Waals surface area contributed by atoms with E-state index in [1.807, 2.05) is 29.8 Å². The van der Waals surface area contributed by atoms with Crippen LogP contribution in [0, 0.1) is 6.92 Å². The maximum Gasteiger partial charge on any atom is 0.121 e. The molecule has 0 spiro atoms. The SMILES string of the molecule is CCn1nc(-c2ccc(OC)c(C)c2)cc1CN. The highest BCUT2D eigenvalue weighted by Crippen LogP contribution is 2.25. The van der Waals surface area contributed by atoms with Gasteiger partial charge in [0.25, 0.3) is 0 Å². The summed E-state index contributed by atoms with van der Waals surface area (Å²) in [7, 11) is 1.68. The predicted molar refractivity (Wildman–Crippen MR) is 72.5 cm³/mol. The van der Waals surface area contributed by atoms with Gasteiger partial charge in [-0.05, 0) is 43.7 Å². The van der Waals surface area contributed by atoms with Crippen LogP contribution in [0.3, 0.4) is 0 Å². The van der Waals surface area contributed by atoms with Crippen molar-refractivity contribution in [1.82, 2.24) is 9.78 Å². The molecule has 4 nitrogen and oxygen atoms in total. The number of aryl methyl sites for hydroxylation is 2. The number of rotatable bonds is 4. The topological polar surface area (TPSA) is 53.1 Å². The lowest BCUT2D eigenvalue weighted by Crippen LogP contribution is -2.06. The first-order chi connectivity index (χ1) is 8.69. The third-order valence-corrected chi connectivity index (χ3v) is 3.06. The van der Waals surface area contributed by atoms with Crippen LogP contribution in [-0.4, -0.2) is 16.9 Å². The largest absolute Gasteiger partial charge is 0.496 e. The van der Waals surface area contributed by atoms with Crippen LogP contribution in [0.15, 0.2) is 24.3 Å². The van der Waals surface area contributed by atoms with Crippen molar-refractivity contribution < 1.29 is 4.74 Å². The van der Waals surface area contributed by atoms with Crippen LogP contribution >= 0.6 is 0 Å². The Morgan fingerprint density at radius 3 is 2.61 bits per heavy atom. The molecule has 0 radical (unpaired) electrons. The molecule has 2 N–H and O–H groups in total. The van der Waals surface area contributed by atoms with Gasteiger partial charge in [-0.25, -0.2) is 0 Å². The van der Waals surface area contributed by atoms with Gasteiger partial charge in [-0.15, -0.1) is 0 Å². The monoisotopic (exact) mass is 245 g/mol. The van der Waals surface area contributed by atoms with Gasteiger partial charge >= 0.3 is 0 Å². The molecule has 0 bridgehead atoms. The van der Waals surface area contributed by atoms with E-state index in [4.69, 9.17) is 10.5 Å². The molecule has 1 heterocycles. The van der Waals surface area contributed by atoms with Crippen LogP contribution < -0.4 is 10.5 Å². The smallest absolute Gasteiger partial charge is 0.121 e. The number of methoxy groups -OCH3 is 1. The quantitative estimate of drug-likeness (QED) is 0.899. The fraction of sp³-hybridized carbons (Fsp3) is 0.357. The zero-order valence-electron chi connectivity index (χ0n) is 11.1. The molecule has 0 atom stereocenters. The van der Waals surface area contributed by atoms with Gasteiger partial charge in [0, 0.05) is 18.7 Å². The molecule has 18 heavy (non-hydrogen) atoms. The molecule has 2 aromatic rings. The van der Waals surface area contributed by atoms with Gasteiger partial charge in [0.05, 0.1) is 18.5 Å². The van der Waals surface area contributed by atoms with Gasteiger partial charge in [-0.3, -0.25) is 4.68 Å². The van der Waals surface area contributed by atoms with Crippen molar-refractivity contribution in [3.8, 4) is 17.0 Å². The summed E-state index contributed by atoms with van der Waals surface area (Å²) in [6, 6.07) is 8.12. The second-order valence-corrected chi connectivity index (χ2v) is 4.23. The highest BCUT2D eigenvalue weighted by atomic mass is 16.5. The fourth-order valence-electron chi connectivity index (χ4n) is 2.07. The summed E-state index contributed by atoms with van der Waals surface area (Å²) in [5, 5.41) is 4.56. The van der Waals surface area contributed by atoms with Crippen LogP contribution in [-0.2, 0) is 13.1 Å². The Balaban J connectivity index is 2.42. The van der Waals surface area contributed by atoms with Gasteiger partial charge in [0.2, 0.25) is 0 Å². The molecule has 0 aliphatic heterocycles. The molecular formula is C14H19N3O. The van der Waals surface area contributed by atoms with Crippen molar-refractivity contribution in [3.05, 3.63) is 35.5 Å². The van der Waals surface area contributed by atoms with Crippen molar-refractivity contribution >= 4 is 0 Å². The highest BCUT2D eigenvalue weighted by Gasteiger charge is 2.08. The van der Waals surface area contributed by atoms with E-state index in [-0.39, 0.29) is 0 Å². The zero-order chi connectivity index (χ0) is 13.1. The number of nitrogens with two attached hydrogens (primary N) is 1. The van der Waals surface area contributed by atoms with E-state index in [0.29, 0.717) is 6.54 Å². The van der Waals surface area contributed by atoms with E-state index in [9.17, 15) is 0 Å². The predicted octanol–water partition coefficient (Wildman–Crippen LogP) is 2.35. The molecular weight excluding hydrogens is 226 g/mol. The van der Waals surface area contributed by atoms with Gasteiger partial charge in [-0.2, -0.15) is 5.10 Å². The van der Waals surface area contributed by atoms with E-state index >= 15 is 0 Å². The maximum absolute atomic E-state index is 5.71. The second kappa shape index (κ2) is 5.23. The first kappa shape index (κ1) is 12.6. The van der Waals surface area contributed by atoms with Crippen LogP contribution in [0.4, 0.5) is 0 Å². The molecule has 4 heteroatoms. The second-order valence-electron chi connectivity index (χ2n) is 4.23. The first-order valence-corrected chi connectivity index (χ1v) is 6.11. The van der Waals surface area contributed by atoms with Crippen molar-refractivity contribution in [2.75, 3.05) is 7.11 Å². The summed E-state index contributed by atoms with van der Waals surface area (Å²) < 4.78 is 7.20. The normalized spacial score (nSPS) is 10.7. The summed E-state index contributed by atoms with van der Waals surface area (Å²) in [6.45, 7) is 5.44. The Morgan fingerprint density at radius 1 is 1.33 bits per heavy atom. The summed E-state index contributed by atoms with van der Waals surface area (Å²) >= 11 is 0. The molecule has 2 rings (SSSR count). The van der Waals surface area contributed by atoms with Gasteiger partial charge in [0.1, 0.15) is 5.75 Å². The lowest BCUT2D eigenvalue weighted by molar-refractivity contribution is 0.412. The number of hydrogen-bond acceptors (Lipinski definition) is 3. The molecule has 96 valence electrons. The molecule has 0 aliphatic rings. The summed E-state index contributed by atoms with van der Waals surface area (Å²) in [4.78, 5) is 0. The molecule has 1 aromatic heterocycles. The lowest BCUT2D eigenvalue weighted by Gasteiger charge is -2.05. The highest BCUT2D eigenvalue weighted by molar-refractivity contribution is 5.62. The van der Waals surface area contributed by atoms with Crippen molar-refractivity contribution in [2.45, 2.75) is 26.9 Å². The Bertz CT molecular complexity index is 524. The van der Waals surface area contributed by atoms with Gasteiger partial charge in [-0.1, -0.05) is 0 Å². The standard InChI is InChI=1S/C14H19N3O/c1-4-17-12(9-15)8-13(16-17)11-5-6-14(18-3)10(2)7-11/h5-8H,4,9,15H2,1-3H3. The number of nitrogens with zero attached hydrogens (tertiary/aromatic N) is 2. The molecule has 0 fully saturated rings. The van der Waals surface area contributed by atoms with E-state index in [1.54, 1.807) is 7.11 Å². The molecule has 0 amide bonds. The molecule has 0 saturated heterocycles. The van der Waals surface area contributed by atoms with E-state index in [2.05, 4.69) is 18.1 Å². The van der Waals surface area contributed by atoms with E-state index < -0.39 is 0 Å². The minimum absolute atomic E-state index is 0.510. The molecule has 0 unspecified atom stereocenters. The maximum atomic E-state index is 5.71.